The van der Waals surface area contributed by atoms with Gasteiger partial charge in [-0.1, -0.05) is 0 Å². The lowest BCUT2D eigenvalue weighted by molar-refractivity contribution is 0.584. The van der Waals surface area contributed by atoms with Crippen molar-refractivity contribution in [1.29, 1.82) is 0 Å². The minimum atomic E-state index is 0.967. The SMILES string of the molecule is c1nc(-c2cc[nH]c2)cc(N2CCNCC2)n1. The average molecular weight is 229 g/mol. The van der Waals surface area contributed by atoms with Crippen molar-refractivity contribution in [1.82, 2.24) is 20.3 Å². The van der Waals surface area contributed by atoms with E-state index >= 15 is 0 Å². The third kappa shape index (κ3) is 2.14. The predicted octanol–water partition coefficient (Wildman–Crippen LogP) is 0.881. The highest BCUT2D eigenvalue weighted by molar-refractivity contribution is 5.61. The highest BCUT2D eigenvalue weighted by atomic mass is 15.2. The number of aromatic nitrogens is 3. The van der Waals surface area contributed by atoms with Gasteiger partial charge in [0, 0.05) is 50.2 Å². The molecule has 0 aliphatic carbocycles. The van der Waals surface area contributed by atoms with Gasteiger partial charge in [0.2, 0.25) is 0 Å². The topological polar surface area (TPSA) is 56.8 Å². The van der Waals surface area contributed by atoms with E-state index in [0.29, 0.717) is 0 Å². The summed E-state index contributed by atoms with van der Waals surface area (Å²) in [6.07, 6.45) is 5.49. The molecule has 1 aliphatic rings. The summed E-state index contributed by atoms with van der Waals surface area (Å²) in [4.78, 5) is 14.0. The zero-order valence-corrected chi connectivity index (χ0v) is 9.56. The van der Waals surface area contributed by atoms with Crippen LogP contribution < -0.4 is 10.2 Å². The summed E-state index contributed by atoms with van der Waals surface area (Å²) in [6.45, 7) is 4.04. The Morgan fingerprint density at radius 2 is 2.06 bits per heavy atom. The molecule has 17 heavy (non-hydrogen) atoms. The van der Waals surface area contributed by atoms with Gasteiger partial charge in [0.25, 0.3) is 0 Å². The molecule has 3 heterocycles. The Hall–Kier alpha value is -1.88. The molecule has 2 aromatic heterocycles. The van der Waals surface area contributed by atoms with E-state index in [-0.39, 0.29) is 0 Å². The first-order valence-electron chi connectivity index (χ1n) is 5.84. The van der Waals surface area contributed by atoms with E-state index in [4.69, 9.17) is 0 Å². The van der Waals surface area contributed by atoms with Crippen molar-refractivity contribution < 1.29 is 0 Å². The van der Waals surface area contributed by atoms with Crippen LogP contribution in [0.15, 0.2) is 30.9 Å². The lowest BCUT2D eigenvalue weighted by Crippen LogP contribution is -2.43. The summed E-state index contributed by atoms with van der Waals surface area (Å²) in [6, 6.07) is 4.07. The van der Waals surface area contributed by atoms with Gasteiger partial charge in [0.1, 0.15) is 12.1 Å². The highest BCUT2D eigenvalue weighted by Crippen LogP contribution is 2.20. The molecule has 0 spiro atoms. The van der Waals surface area contributed by atoms with E-state index in [2.05, 4.69) is 31.2 Å². The molecule has 0 atom stereocenters. The summed E-state index contributed by atoms with van der Waals surface area (Å²) in [5.41, 5.74) is 2.07. The molecule has 88 valence electrons. The summed E-state index contributed by atoms with van der Waals surface area (Å²) >= 11 is 0. The Morgan fingerprint density at radius 1 is 1.18 bits per heavy atom. The average Bonchev–Trinajstić information content (AvgIpc) is 2.94. The number of anilines is 1. The monoisotopic (exact) mass is 229 g/mol. The number of hydrogen-bond donors (Lipinski definition) is 2. The maximum Gasteiger partial charge on any atom is 0.132 e. The maximum atomic E-state index is 4.35. The summed E-state index contributed by atoms with van der Waals surface area (Å²) in [7, 11) is 0. The molecule has 0 aromatic carbocycles. The maximum absolute atomic E-state index is 4.35. The Balaban J connectivity index is 1.88. The number of nitrogens with zero attached hydrogens (tertiary/aromatic N) is 3. The number of piperazine rings is 1. The first-order valence-corrected chi connectivity index (χ1v) is 5.84. The third-order valence-electron chi connectivity index (χ3n) is 2.99. The smallest absolute Gasteiger partial charge is 0.132 e. The van der Waals surface area contributed by atoms with Crippen LogP contribution in [0.2, 0.25) is 0 Å². The van der Waals surface area contributed by atoms with Crippen LogP contribution in [-0.2, 0) is 0 Å². The van der Waals surface area contributed by atoms with Crippen LogP contribution in [0.4, 0.5) is 5.82 Å². The fraction of sp³-hybridized carbons (Fsp3) is 0.333. The molecular weight excluding hydrogens is 214 g/mol. The van der Waals surface area contributed by atoms with Crippen LogP contribution >= 0.6 is 0 Å². The van der Waals surface area contributed by atoms with Gasteiger partial charge >= 0.3 is 0 Å². The van der Waals surface area contributed by atoms with Crippen molar-refractivity contribution in [3.63, 3.8) is 0 Å². The van der Waals surface area contributed by atoms with Gasteiger partial charge in [0.05, 0.1) is 5.69 Å². The zero-order chi connectivity index (χ0) is 11.5. The number of H-pyrrole nitrogens is 1. The molecule has 0 bridgehead atoms. The van der Waals surface area contributed by atoms with E-state index in [0.717, 1.165) is 43.3 Å². The fourth-order valence-electron chi connectivity index (χ4n) is 2.05. The second-order valence-corrected chi connectivity index (χ2v) is 4.10. The van der Waals surface area contributed by atoms with Crippen molar-refractivity contribution >= 4 is 5.82 Å². The molecular formula is C12H15N5. The number of hydrogen-bond acceptors (Lipinski definition) is 4. The highest BCUT2D eigenvalue weighted by Gasteiger charge is 2.12. The Kier molecular flexibility index (Phi) is 2.75. The summed E-state index contributed by atoms with van der Waals surface area (Å²) in [5, 5.41) is 3.34. The molecule has 1 aliphatic heterocycles. The molecule has 1 saturated heterocycles. The van der Waals surface area contributed by atoms with Crippen molar-refractivity contribution in [2.45, 2.75) is 0 Å². The lowest BCUT2D eigenvalue weighted by Gasteiger charge is -2.28. The van der Waals surface area contributed by atoms with Gasteiger partial charge in [-0.25, -0.2) is 9.97 Å². The Bertz CT molecular complexity index is 473. The number of rotatable bonds is 2. The number of aromatic amines is 1. The van der Waals surface area contributed by atoms with Crippen LogP contribution in [0.5, 0.6) is 0 Å². The quantitative estimate of drug-likeness (QED) is 0.802. The van der Waals surface area contributed by atoms with Crippen molar-refractivity contribution in [2.24, 2.45) is 0 Å². The van der Waals surface area contributed by atoms with E-state index in [1.165, 1.54) is 0 Å². The Labute approximate surface area is 99.9 Å². The first kappa shape index (κ1) is 10.3. The molecule has 3 rings (SSSR count). The summed E-state index contributed by atoms with van der Waals surface area (Å²) < 4.78 is 0. The largest absolute Gasteiger partial charge is 0.367 e. The molecule has 5 heteroatoms. The Morgan fingerprint density at radius 3 is 2.82 bits per heavy atom. The number of nitrogens with one attached hydrogen (secondary N) is 2. The van der Waals surface area contributed by atoms with E-state index in [9.17, 15) is 0 Å². The van der Waals surface area contributed by atoms with Crippen molar-refractivity contribution in [3.05, 3.63) is 30.9 Å². The molecule has 0 unspecified atom stereocenters. The summed E-state index contributed by atoms with van der Waals surface area (Å²) in [5.74, 6) is 1.01. The van der Waals surface area contributed by atoms with Crippen LogP contribution in [0.3, 0.4) is 0 Å². The molecule has 0 saturated carbocycles. The second kappa shape index (κ2) is 4.55. The second-order valence-electron chi connectivity index (χ2n) is 4.10. The van der Waals surface area contributed by atoms with Gasteiger partial charge < -0.3 is 15.2 Å². The predicted molar refractivity (Wildman–Crippen MR) is 66.9 cm³/mol. The van der Waals surface area contributed by atoms with Gasteiger partial charge in [-0.2, -0.15) is 0 Å². The molecule has 5 nitrogen and oxygen atoms in total. The lowest BCUT2D eigenvalue weighted by atomic mass is 10.2. The van der Waals surface area contributed by atoms with E-state index in [1.54, 1.807) is 6.33 Å². The van der Waals surface area contributed by atoms with Gasteiger partial charge in [0.15, 0.2) is 0 Å². The molecule has 0 amide bonds. The van der Waals surface area contributed by atoms with Crippen LogP contribution in [0.1, 0.15) is 0 Å². The normalized spacial score (nSPS) is 16.1. The molecule has 2 N–H and O–H groups in total. The van der Waals surface area contributed by atoms with E-state index in [1.807, 2.05) is 18.5 Å². The minimum Gasteiger partial charge on any atom is -0.367 e. The zero-order valence-electron chi connectivity index (χ0n) is 9.56. The van der Waals surface area contributed by atoms with Crippen LogP contribution in [0.25, 0.3) is 11.3 Å². The first-order chi connectivity index (χ1) is 8.43. The van der Waals surface area contributed by atoms with Gasteiger partial charge in [-0.05, 0) is 6.07 Å². The molecule has 2 aromatic rings. The molecule has 1 fully saturated rings. The van der Waals surface area contributed by atoms with Crippen LogP contribution in [0, 0.1) is 0 Å². The minimum absolute atomic E-state index is 0.967. The van der Waals surface area contributed by atoms with E-state index < -0.39 is 0 Å². The molecule has 0 radical (unpaired) electrons. The van der Waals surface area contributed by atoms with Crippen molar-refractivity contribution in [2.75, 3.05) is 31.1 Å². The van der Waals surface area contributed by atoms with Gasteiger partial charge in [-0.3, -0.25) is 0 Å². The third-order valence-corrected chi connectivity index (χ3v) is 2.99. The standard InChI is InChI=1S/C12H15N5/c1-2-14-8-10(1)11-7-12(16-9-15-11)17-5-3-13-4-6-17/h1-2,7-9,13-14H,3-6H2. The van der Waals surface area contributed by atoms with Gasteiger partial charge in [-0.15, -0.1) is 0 Å². The fourth-order valence-corrected chi connectivity index (χ4v) is 2.05. The van der Waals surface area contributed by atoms with Crippen molar-refractivity contribution in [3.8, 4) is 11.3 Å². The van der Waals surface area contributed by atoms with Crippen LogP contribution in [-0.4, -0.2) is 41.1 Å².